The summed E-state index contributed by atoms with van der Waals surface area (Å²) in [6, 6.07) is 9.95. The Kier molecular flexibility index (Phi) is 4.95. The van der Waals surface area contributed by atoms with E-state index in [1.807, 2.05) is 41.2 Å². The first-order chi connectivity index (χ1) is 10.2. The average Bonchev–Trinajstić information content (AvgIpc) is 3.16. The SMILES string of the molecule is CC(C)n1ccc(-c2nc(-c3ccc(CN)cc3)no2)n1.Cl. The lowest BCUT2D eigenvalue weighted by molar-refractivity contribution is 0.429. The van der Waals surface area contributed by atoms with Crippen LogP contribution in [0, 0.1) is 0 Å². The third-order valence-electron chi connectivity index (χ3n) is 3.23. The van der Waals surface area contributed by atoms with Crippen LogP contribution in [0.5, 0.6) is 0 Å². The molecular weight excluding hydrogens is 302 g/mol. The normalized spacial score (nSPS) is 10.7. The summed E-state index contributed by atoms with van der Waals surface area (Å²) in [7, 11) is 0. The van der Waals surface area contributed by atoms with Crippen LogP contribution < -0.4 is 5.73 Å². The van der Waals surface area contributed by atoms with Crippen LogP contribution >= 0.6 is 12.4 Å². The van der Waals surface area contributed by atoms with Crippen LogP contribution in [0.1, 0.15) is 25.5 Å². The van der Waals surface area contributed by atoms with Crippen molar-refractivity contribution in [3.8, 4) is 23.0 Å². The van der Waals surface area contributed by atoms with Crippen LogP contribution in [-0.4, -0.2) is 19.9 Å². The molecule has 0 amide bonds. The zero-order chi connectivity index (χ0) is 14.8. The minimum absolute atomic E-state index is 0. The van der Waals surface area contributed by atoms with Gasteiger partial charge in [-0.1, -0.05) is 29.4 Å². The molecule has 0 aliphatic carbocycles. The number of benzene rings is 1. The second kappa shape index (κ2) is 6.72. The zero-order valence-corrected chi connectivity index (χ0v) is 13.2. The quantitative estimate of drug-likeness (QED) is 0.799. The monoisotopic (exact) mass is 319 g/mol. The van der Waals surface area contributed by atoms with Gasteiger partial charge in [-0.15, -0.1) is 12.4 Å². The van der Waals surface area contributed by atoms with Crippen LogP contribution in [0.2, 0.25) is 0 Å². The minimum atomic E-state index is 0. The number of nitrogens with two attached hydrogens (primary N) is 1. The molecule has 2 aromatic heterocycles. The molecule has 1 aromatic carbocycles. The molecule has 3 aromatic rings. The van der Waals surface area contributed by atoms with Gasteiger partial charge in [-0.05, 0) is 25.5 Å². The molecule has 0 atom stereocenters. The highest BCUT2D eigenvalue weighted by molar-refractivity contribution is 5.85. The van der Waals surface area contributed by atoms with Crippen LogP contribution in [0.3, 0.4) is 0 Å². The van der Waals surface area contributed by atoms with E-state index in [1.165, 1.54) is 0 Å². The Bertz CT molecular complexity index is 732. The standard InChI is InChI=1S/C15H17N5O.ClH/c1-10(2)20-8-7-13(18-20)15-17-14(19-21-15)12-5-3-11(9-16)4-6-12;/h3-8,10H,9,16H2,1-2H3;1H. The number of aromatic nitrogens is 4. The summed E-state index contributed by atoms with van der Waals surface area (Å²) in [4.78, 5) is 4.39. The molecule has 0 saturated carbocycles. The van der Waals surface area contributed by atoms with E-state index in [9.17, 15) is 0 Å². The van der Waals surface area contributed by atoms with Crippen molar-refractivity contribution in [3.63, 3.8) is 0 Å². The second-order valence-electron chi connectivity index (χ2n) is 5.10. The summed E-state index contributed by atoms with van der Waals surface area (Å²) in [5.74, 6) is 0.972. The molecule has 0 unspecified atom stereocenters. The zero-order valence-electron chi connectivity index (χ0n) is 12.4. The fourth-order valence-electron chi connectivity index (χ4n) is 1.97. The number of hydrogen-bond acceptors (Lipinski definition) is 5. The molecule has 0 aliphatic heterocycles. The molecule has 0 spiro atoms. The lowest BCUT2D eigenvalue weighted by Gasteiger charge is -2.02. The summed E-state index contributed by atoms with van der Waals surface area (Å²) < 4.78 is 7.15. The number of nitrogens with zero attached hydrogens (tertiary/aromatic N) is 4. The van der Waals surface area contributed by atoms with Gasteiger partial charge in [-0.3, -0.25) is 4.68 Å². The third-order valence-corrected chi connectivity index (χ3v) is 3.23. The Morgan fingerprint density at radius 2 is 1.91 bits per heavy atom. The van der Waals surface area contributed by atoms with Crippen molar-refractivity contribution < 1.29 is 4.52 Å². The summed E-state index contributed by atoms with van der Waals surface area (Å²) >= 11 is 0. The fraction of sp³-hybridized carbons (Fsp3) is 0.267. The van der Waals surface area contributed by atoms with Gasteiger partial charge in [0.05, 0.1) is 0 Å². The van der Waals surface area contributed by atoms with Gasteiger partial charge in [-0.2, -0.15) is 10.1 Å². The van der Waals surface area contributed by atoms with E-state index in [-0.39, 0.29) is 12.4 Å². The lowest BCUT2D eigenvalue weighted by atomic mass is 10.1. The van der Waals surface area contributed by atoms with Crippen molar-refractivity contribution in [1.82, 2.24) is 19.9 Å². The van der Waals surface area contributed by atoms with E-state index < -0.39 is 0 Å². The fourth-order valence-corrected chi connectivity index (χ4v) is 1.97. The molecule has 2 N–H and O–H groups in total. The highest BCUT2D eigenvalue weighted by atomic mass is 35.5. The predicted octanol–water partition coefficient (Wildman–Crippen LogP) is 3.06. The molecule has 0 saturated heterocycles. The van der Waals surface area contributed by atoms with E-state index in [4.69, 9.17) is 10.3 Å². The van der Waals surface area contributed by atoms with E-state index in [0.717, 1.165) is 11.1 Å². The van der Waals surface area contributed by atoms with Crippen LogP contribution in [0.25, 0.3) is 23.0 Å². The van der Waals surface area contributed by atoms with Gasteiger partial charge in [0.15, 0.2) is 5.69 Å². The highest BCUT2D eigenvalue weighted by Crippen LogP contribution is 2.21. The molecule has 0 radical (unpaired) electrons. The van der Waals surface area contributed by atoms with Gasteiger partial charge in [0.1, 0.15) is 0 Å². The maximum absolute atomic E-state index is 5.59. The molecule has 22 heavy (non-hydrogen) atoms. The first-order valence-corrected chi connectivity index (χ1v) is 6.86. The lowest BCUT2D eigenvalue weighted by Crippen LogP contribution is -2.00. The molecule has 116 valence electrons. The van der Waals surface area contributed by atoms with Gasteiger partial charge >= 0.3 is 0 Å². The Balaban J connectivity index is 0.00000176. The first-order valence-electron chi connectivity index (χ1n) is 6.86. The third kappa shape index (κ3) is 3.18. The Hall–Kier alpha value is -2.18. The van der Waals surface area contributed by atoms with Crippen molar-refractivity contribution in [2.45, 2.75) is 26.4 Å². The van der Waals surface area contributed by atoms with E-state index >= 15 is 0 Å². The maximum atomic E-state index is 5.59. The van der Waals surface area contributed by atoms with Crippen molar-refractivity contribution in [1.29, 1.82) is 0 Å². The molecule has 0 bridgehead atoms. The van der Waals surface area contributed by atoms with Gasteiger partial charge in [0.25, 0.3) is 5.89 Å². The van der Waals surface area contributed by atoms with E-state index in [1.54, 1.807) is 0 Å². The Morgan fingerprint density at radius 1 is 1.18 bits per heavy atom. The Morgan fingerprint density at radius 3 is 2.50 bits per heavy atom. The van der Waals surface area contributed by atoms with Crippen LogP contribution in [-0.2, 0) is 6.54 Å². The smallest absolute Gasteiger partial charge is 0.278 e. The number of halogens is 1. The molecular formula is C15H18ClN5O. The van der Waals surface area contributed by atoms with Gasteiger partial charge < -0.3 is 10.3 Å². The topological polar surface area (TPSA) is 82.8 Å². The van der Waals surface area contributed by atoms with Gasteiger partial charge in [0, 0.05) is 24.3 Å². The number of rotatable bonds is 4. The molecule has 3 rings (SSSR count). The summed E-state index contributed by atoms with van der Waals surface area (Å²) in [6.45, 7) is 4.65. The van der Waals surface area contributed by atoms with Crippen molar-refractivity contribution >= 4 is 12.4 Å². The summed E-state index contributed by atoms with van der Waals surface area (Å²) in [5, 5.41) is 8.42. The van der Waals surface area contributed by atoms with Crippen molar-refractivity contribution in [3.05, 3.63) is 42.1 Å². The van der Waals surface area contributed by atoms with Crippen molar-refractivity contribution in [2.75, 3.05) is 0 Å². The maximum Gasteiger partial charge on any atom is 0.278 e. The van der Waals surface area contributed by atoms with Crippen LogP contribution in [0.15, 0.2) is 41.1 Å². The van der Waals surface area contributed by atoms with E-state index in [0.29, 0.717) is 30.0 Å². The molecule has 7 heteroatoms. The van der Waals surface area contributed by atoms with Gasteiger partial charge in [-0.25, -0.2) is 0 Å². The molecule has 0 fully saturated rings. The minimum Gasteiger partial charge on any atom is -0.332 e. The second-order valence-corrected chi connectivity index (χ2v) is 5.10. The van der Waals surface area contributed by atoms with Gasteiger partial charge in [0.2, 0.25) is 5.82 Å². The molecule has 2 heterocycles. The summed E-state index contributed by atoms with van der Waals surface area (Å²) in [5.41, 5.74) is 8.23. The van der Waals surface area contributed by atoms with Crippen LogP contribution in [0.4, 0.5) is 0 Å². The average molecular weight is 320 g/mol. The highest BCUT2D eigenvalue weighted by Gasteiger charge is 2.13. The van der Waals surface area contributed by atoms with E-state index in [2.05, 4.69) is 29.1 Å². The molecule has 0 aliphatic rings. The van der Waals surface area contributed by atoms with Crippen molar-refractivity contribution in [2.24, 2.45) is 5.73 Å². The summed E-state index contributed by atoms with van der Waals surface area (Å²) in [6.07, 6.45) is 1.90. The number of hydrogen-bond donors (Lipinski definition) is 1. The largest absolute Gasteiger partial charge is 0.332 e. The predicted molar refractivity (Wildman–Crippen MR) is 86.5 cm³/mol. The first kappa shape index (κ1) is 16.2. The molecule has 6 nitrogen and oxygen atoms in total. The Labute approximate surface area is 134 Å².